The summed E-state index contributed by atoms with van der Waals surface area (Å²) < 4.78 is 5.07. The summed E-state index contributed by atoms with van der Waals surface area (Å²) in [6.45, 7) is 2.85. The number of carbonyl (C=O) groups excluding carboxylic acids is 3. The quantitative estimate of drug-likeness (QED) is 0.394. The van der Waals surface area contributed by atoms with Crippen molar-refractivity contribution in [1.82, 2.24) is 19.8 Å². The number of anilines is 2. The van der Waals surface area contributed by atoms with Crippen LogP contribution in [0, 0.1) is 11.3 Å². The number of nitrogens with zero attached hydrogens (tertiary/aromatic N) is 6. The van der Waals surface area contributed by atoms with Crippen molar-refractivity contribution in [2.75, 3.05) is 57.2 Å². The Morgan fingerprint density at radius 1 is 1.38 bits per heavy atom. The van der Waals surface area contributed by atoms with Crippen LogP contribution in [0.3, 0.4) is 0 Å². The van der Waals surface area contributed by atoms with Crippen molar-refractivity contribution < 1.29 is 19.1 Å². The van der Waals surface area contributed by atoms with E-state index in [1.54, 1.807) is 18.1 Å². The van der Waals surface area contributed by atoms with E-state index in [0.29, 0.717) is 73.7 Å². The van der Waals surface area contributed by atoms with Crippen LogP contribution in [0.25, 0.3) is 0 Å². The van der Waals surface area contributed by atoms with E-state index in [2.05, 4.69) is 21.4 Å². The molecule has 194 valence electrons. The number of nitriles is 1. The van der Waals surface area contributed by atoms with Gasteiger partial charge in [-0.1, -0.05) is 0 Å². The number of rotatable bonds is 8. The third-order valence-corrected chi connectivity index (χ3v) is 6.65. The molecule has 12 nitrogen and oxygen atoms in total. The number of aromatic nitrogens is 2. The summed E-state index contributed by atoms with van der Waals surface area (Å²) in [4.78, 5) is 51.1. The maximum atomic E-state index is 12.6. The monoisotopic (exact) mass is 506 g/mol. The number of likely N-dealkylation sites (N-methyl/N-ethyl adjacent to an activating group) is 1. The Labute approximate surface area is 215 Å². The molecule has 0 bridgehead atoms. The Bertz CT molecular complexity index is 1240. The van der Waals surface area contributed by atoms with Gasteiger partial charge in [-0.2, -0.15) is 5.26 Å². The lowest BCUT2D eigenvalue weighted by atomic mass is 9.94. The summed E-state index contributed by atoms with van der Waals surface area (Å²) in [5, 5.41) is 12.6. The van der Waals surface area contributed by atoms with Gasteiger partial charge in [0.05, 0.1) is 36.1 Å². The van der Waals surface area contributed by atoms with Crippen molar-refractivity contribution >= 4 is 29.7 Å². The zero-order valence-electron chi connectivity index (χ0n) is 20.9. The Balaban J connectivity index is 1.66. The number of aldehydes is 1. The number of hydrogen-bond acceptors (Lipinski definition) is 9. The topological polar surface area (TPSA) is 158 Å². The van der Waals surface area contributed by atoms with Gasteiger partial charge in [0.25, 0.3) is 0 Å². The lowest BCUT2D eigenvalue weighted by molar-refractivity contribution is -0.136. The zero-order valence-corrected chi connectivity index (χ0v) is 20.9. The lowest BCUT2D eigenvalue weighted by Crippen LogP contribution is -2.48. The average Bonchev–Trinajstić information content (AvgIpc) is 2.89. The molecule has 0 spiro atoms. The largest absolute Gasteiger partial charge is 0.383 e. The van der Waals surface area contributed by atoms with E-state index in [-0.39, 0.29) is 18.1 Å². The molecule has 0 aromatic carbocycles. The van der Waals surface area contributed by atoms with Gasteiger partial charge in [-0.25, -0.2) is 9.78 Å². The molecule has 4 heterocycles. The standard InChI is InChI=1S/C25H30N8O4/c1-31-6-7-32(23(35)14-31)13-17-9-16-3-4-22(33(25(27)36)24(16)30-21(17)15-34)20-10-19(28-5-8-37-2)18(11-26)12-29-20/h9-10,12,15,22H,3-8,13-14H2,1-2H3,(H2,27,36)(H,28,29). The second kappa shape index (κ2) is 11.3. The van der Waals surface area contributed by atoms with Gasteiger partial charge in [0.15, 0.2) is 6.29 Å². The number of urea groups is 1. The normalized spacial score (nSPS) is 17.8. The van der Waals surface area contributed by atoms with Gasteiger partial charge in [-0.15, -0.1) is 0 Å². The average molecular weight is 507 g/mol. The van der Waals surface area contributed by atoms with Crippen LogP contribution in [0.15, 0.2) is 18.3 Å². The van der Waals surface area contributed by atoms with Crippen LogP contribution in [0.2, 0.25) is 0 Å². The molecule has 2 aromatic rings. The molecule has 0 aliphatic carbocycles. The number of nitrogens with two attached hydrogens (primary N) is 1. The van der Waals surface area contributed by atoms with E-state index < -0.39 is 12.1 Å². The van der Waals surface area contributed by atoms with Gasteiger partial charge in [-0.3, -0.25) is 24.4 Å². The van der Waals surface area contributed by atoms with Gasteiger partial charge < -0.3 is 20.7 Å². The van der Waals surface area contributed by atoms with Crippen molar-refractivity contribution in [3.05, 3.63) is 46.4 Å². The number of methoxy groups -OCH3 is 1. The fraction of sp³-hybridized carbons (Fsp3) is 0.440. The molecular weight excluding hydrogens is 476 g/mol. The van der Waals surface area contributed by atoms with Crippen molar-refractivity contribution in [2.45, 2.75) is 25.4 Å². The second-order valence-corrected chi connectivity index (χ2v) is 9.14. The molecule has 1 atom stereocenters. The fourth-order valence-electron chi connectivity index (χ4n) is 4.71. The van der Waals surface area contributed by atoms with E-state index in [9.17, 15) is 19.6 Å². The second-order valence-electron chi connectivity index (χ2n) is 9.14. The highest BCUT2D eigenvalue weighted by atomic mass is 16.5. The maximum Gasteiger partial charge on any atom is 0.321 e. The highest BCUT2D eigenvalue weighted by molar-refractivity contribution is 5.92. The van der Waals surface area contributed by atoms with Crippen molar-refractivity contribution in [3.8, 4) is 6.07 Å². The molecule has 1 fully saturated rings. The molecule has 3 amide bonds. The smallest absolute Gasteiger partial charge is 0.321 e. The molecule has 2 aliphatic heterocycles. The molecule has 0 radical (unpaired) electrons. The summed E-state index contributed by atoms with van der Waals surface area (Å²) in [6.07, 6.45) is 3.17. The molecular formula is C25H30N8O4. The SMILES string of the molecule is COCCNc1cc(C2CCc3cc(CN4CCN(C)CC4=O)c(C=O)nc3N2C(N)=O)ncc1C#N. The first kappa shape index (κ1) is 26.0. The number of piperazine rings is 1. The fourth-order valence-corrected chi connectivity index (χ4v) is 4.71. The number of carbonyl (C=O) groups is 3. The summed E-state index contributed by atoms with van der Waals surface area (Å²) in [5.41, 5.74) is 8.85. The van der Waals surface area contributed by atoms with Crippen LogP contribution >= 0.6 is 0 Å². The molecule has 2 aromatic heterocycles. The first-order chi connectivity index (χ1) is 17.9. The molecule has 1 unspecified atom stereocenters. The molecule has 3 N–H and O–H groups in total. The van der Waals surface area contributed by atoms with Crippen LogP contribution in [0.5, 0.6) is 0 Å². The van der Waals surface area contributed by atoms with Gasteiger partial charge in [0.2, 0.25) is 5.91 Å². The number of nitrogens with one attached hydrogen (secondary N) is 1. The number of primary amides is 1. The van der Waals surface area contributed by atoms with Gasteiger partial charge in [0, 0.05) is 45.0 Å². The van der Waals surface area contributed by atoms with Gasteiger partial charge in [0.1, 0.15) is 17.6 Å². The van der Waals surface area contributed by atoms with E-state index >= 15 is 0 Å². The highest BCUT2D eigenvalue weighted by Crippen LogP contribution is 2.38. The lowest BCUT2D eigenvalue weighted by Gasteiger charge is -2.36. The summed E-state index contributed by atoms with van der Waals surface area (Å²) in [6, 6.07) is 4.43. The van der Waals surface area contributed by atoms with Crippen LogP contribution < -0.4 is 16.0 Å². The number of fused-ring (bicyclic) bond motifs is 1. The third-order valence-electron chi connectivity index (χ3n) is 6.65. The van der Waals surface area contributed by atoms with E-state index in [0.717, 1.165) is 12.1 Å². The van der Waals surface area contributed by atoms with Gasteiger partial charge >= 0.3 is 6.03 Å². The van der Waals surface area contributed by atoms with E-state index in [4.69, 9.17) is 10.5 Å². The minimum Gasteiger partial charge on any atom is -0.383 e. The van der Waals surface area contributed by atoms with Crippen LogP contribution in [-0.2, 0) is 22.5 Å². The molecule has 37 heavy (non-hydrogen) atoms. The number of pyridine rings is 2. The minimum absolute atomic E-state index is 0.0102. The highest BCUT2D eigenvalue weighted by Gasteiger charge is 2.35. The van der Waals surface area contributed by atoms with Crippen molar-refractivity contribution in [3.63, 3.8) is 0 Å². The van der Waals surface area contributed by atoms with Crippen molar-refractivity contribution in [1.29, 1.82) is 5.26 Å². The minimum atomic E-state index is -0.725. The number of aryl methyl sites for hydroxylation is 1. The molecule has 0 saturated carbocycles. The third kappa shape index (κ3) is 5.52. The van der Waals surface area contributed by atoms with Crippen molar-refractivity contribution in [2.24, 2.45) is 5.73 Å². The summed E-state index contributed by atoms with van der Waals surface area (Å²) in [7, 11) is 3.48. The predicted molar refractivity (Wildman–Crippen MR) is 135 cm³/mol. The van der Waals surface area contributed by atoms with Crippen LogP contribution in [0.1, 0.15) is 45.3 Å². The first-order valence-corrected chi connectivity index (χ1v) is 12.0. The maximum absolute atomic E-state index is 12.6. The number of hydrogen-bond donors (Lipinski definition) is 2. The molecule has 4 rings (SSSR count). The van der Waals surface area contributed by atoms with E-state index in [1.807, 2.05) is 18.0 Å². The Morgan fingerprint density at radius 2 is 2.19 bits per heavy atom. The zero-order chi connectivity index (χ0) is 26.5. The van der Waals surface area contributed by atoms with Gasteiger partial charge in [-0.05, 0) is 37.6 Å². The Morgan fingerprint density at radius 3 is 2.86 bits per heavy atom. The molecule has 12 heteroatoms. The first-order valence-electron chi connectivity index (χ1n) is 12.0. The summed E-state index contributed by atoms with van der Waals surface area (Å²) in [5.74, 6) is 0.295. The predicted octanol–water partition coefficient (Wildman–Crippen LogP) is 1.07. The summed E-state index contributed by atoms with van der Waals surface area (Å²) >= 11 is 0. The Hall–Kier alpha value is -4.08. The van der Waals surface area contributed by atoms with Crippen LogP contribution in [-0.4, -0.2) is 84.9 Å². The number of ether oxygens (including phenoxy) is 1. The van der Waals surface area contributed by atoms with E-state index in [1.165, 1.54) is 11.1 Å². The Kier molecular flexibility index (Phi) is 7.95. The molecule has 1 saturated heterocycles. The molecule has 2 aliphatic rings. The number of amides is 3. The van der Waals surface area contributed by atoms with Crippen LogP contribution in [0.4, 0.5) is 16.3 Å².